The van der Waals surface area contributed by atoms with Crippen molar-refractivity contribution in [2.24, 2.45) is 0 Å². The number of hydrogen-bond donors (Lipinski definition) is 0. The smallest absolute Gasteiger partial charge is 0.254 e. The van der Waals surface area contributed by atoms with Crippen LogP contribution in [0.1, 0.15) is 45.7 Å². The molecular weight excluding hydrogens is 348 g/mol. The van der Waals surface area contributed by atoms with Crippen LogP contribution in [0.2, 0.25) is 0 Å². The molecule has 0 spiro atoms. The summed E-state index contributed by atoms with van der Waals surface area (Å²) in [5, 5.41) is 9.92. The van der Waals surface area contributed by atoms with Crippen molar-refractivity contribution < 1.29 is 4.57 Å². The van der Waals surface area contributed by atoms with Crippen LogP contribution in [0.15, 0.2) is 49.4 Å². The summed E-state index contributed by atoms with van der Waals surface area (Å²) in [4.78, 5) is 13.6. The Hall–Kier alpha value is -3.02. The van der Waals surface area contributed by atoms with Crippen LogP contribution in [0.4, 0.5) is 0 Å². The van der Waals surface area contributed by atoms with Gasteiger partial charge in [0.25, 0.3) is 12.0 Å². The Bertz CT molecular complexity index is 1160. The monoisotopic (exact) mass is 373 g/mol. The molecule has 4 heterocycles. The van der Waals surface area contributed by atoms with Gasteiger partial charge in [0.1, 0.15) is 6.20 Å². The van der Waals surface area contributed by atoms with E-state index in [0.717, 1.165) is 34.0 Å². The molecule has 0 amide bonds. The highest BCUT2D eigenvalue weighted by Gasteiger charge is 2.25. The highest BCUT2D eigenvalue weighted by molar-refractivity contribution is 5.77. The standard InChI is InChI=1S/C22H25N6/c1-21(2,3)17-7-16-12-28(14-25-20(16)24-9-17)13-22(4,5)18-6-15-8-26-27-11-19(15)23-10-18/h6-12,14H,13H2,1-5H3/q+1. The summed E-state index contributed by atoms with van der Waals surface area (Å²) in [5.74, 6) is 0. The number of hydrogen-bond acceptors (Lipinski definition) is 5. The zero-order valence-electron chi connectivity index (χ0n) is 17.0. The van der Waals surface area contributed by atoms with Crippen molar-refractivity contribution in [3.63, 3.8) is 0 Å². The van der Waals surface area contributed by atoms with Crippen LogP contribution < -0.4 is 4.57 Å². The third-order valence-corrected chi connectivity index (χ3v) is 5.15. The van der Waals surface area contributed by atoms with Gasteiger partial charge in [-0.1, -0.05) is 34.6 Å². The molecule has 4 aromatic rings. The molecule has 0 radical (unpaired) electrons. The van der Waals surface area contributed by atoms with Crippen molar-refractivity contribution >= 4 is 21.9 Å². The van der Waals surface area contributed by atoms with E-state index in [1.807, 2.05) is 18.7 Å². The van der Waals surface area contributed by atoms with E-state index in [0.29, 0.717) is 0 Å². The fraction of sp³-hybridized carbons (Fsp3) is 0.364. The molecule has 0 bridgehead atoms. The molecule has 0 aliphatic carbocycles. The van der Waals surface area contributed by atoms with Gasteiger partial charge >= 0.3 is 0 Å². The van der Waals surface area contributed by atoms with Gasteiger partial charge in [-0.3, -0.25) is 4.98 Å². The third-order valence-electron chi connectivity index (χ3n) is 5.15. The molecule has 142 valence electrons. The van der Waals surface area contributed by atoms with Crippen LogP contribution in [0.3, 0.4) is 0 Å². The minimum absolute atomic E-state index is 0.0563. The molecule has 4 rings (SSSR count). The molecule has 6 heteroatoms. The molecule has 0 aliphatic rings. The number of aromatic nitrogens is 6. The van der Waals surface area contributed by atoms with E-state index in [1.165, 1.54) is 5.56 Å². The SMILES string of the molecule is CC(C)(C)c1cnc2nc[n+](CC(C)(C)c3cnc4cnncc4c3)cc2c1. The second-order valence-electron chi connectivity index (χ2n) is 9.00. The highest BCUT2D eigenvalue weighted by Crippen LogP contribution is 2.26. The van der Waals surface area contributed by atoms with Gasteiger partial charge in [0.2, 0.25) is 0 Å². The fourth-order valence-corrected chi connectivity index (χ4v) is 3.32. The summed E-state index contributed by atoms with van der Waals surface area (Å²) >= 11 is 0. The molecule has 28 heavy (non-hydrogen) atoms. The molecule has 0 aromatic carbocycles. The molecule has 0 aliphatic heterocycles. The first-order valence-corrected chi connectivity index (χ1v) is 9.45. The lowest BCUT2D eigenvalue weighted by Crippen LogP contribution is -2.43. The molecule has 0 unspecified atom stereocenters. The second kappa shape index (κ2) is 6.55. The predicted octanol–water partition coefficient (Wildman–Crippen LogP) is 3.53. The van der Waals surface area contributed by atoms with E-state index in [4.69, 9.17) is 0 Å². The highest BCUT2D eigenvalue weighted by atomic mass is 15.1. The van der Waals surface area contributed by atoms with E-state index < -0.39 is 0 Å². The minimum Gasteiger partial charge on any atom is -0.254 e. The zero-order valence-corrected chi connectivity index (χ0v) is 17.0. The Morgan fingerprint density at radius 1 is 0.786 bits per heavy atom. The van der Waals surface area contributed by atoms with Crippen LogP contribution in [-0.2, 0) is 17.4 Å². The summed E-state index contributed by atoms with van der Waals surface area (Å²) in [5.41, 5.74) is 3.92. The van der Waals surface area contributed by atoms with Gasteiger partial charge in [-0.05, 0) is 33.7 Å². The predicted molar refractivity (Wildman–Crippen MR) is 109 cm³/mol. The first kappa shape index (κ1) is 18.3. The maximum absolute atomic E-state index is 4.55. The summed E-state index contributed by atoms with van der Waals surface area (Å²) in [7, 11) is 0. The van der Waals surface area contributed by atoms with E-state index in [1.54, 1.807) is 12.4 Å². The maximum atomic E-state index is 4.55. The Morgan fingerprint density at radius 2 is 1.50 bits per heavy atom. The van der Waals surface area contributed by atoms with Gasteiger partial charge in [-0.25, -0.2) is 9.55 Å². The molecule has 0 saturated carbocycles. The molecule has 0 atom stereocenters. The van der Waals surface area contributed by atoms with Gasteiger partial charge < -0.3 is 0 Å². The van der Waals surface area contributed by atoms with Crippen molar-refractivity contribution in [3.8, 4) is 0 Å². The van der Waals surface area contributed by atoms with Crippen molar-refractivity contribution in [3.05, 3.63) is 60.6 Å². The lowest BCUT2D eigenvalue weighted by molar-refractivity contribution is -0.705. The second-order valence-corrected chi connectivity index (χ2v) is 9.00. The van der Waals surface area contributed by atoms with Gasteiger partial charge in [0.15, 0.2) is 0 Å². The number of fused-ring (bicyclic) bond motifs is 2. The van der Waals surface area contributed by atoms with Gasteiger partial charge in [0, 0.05) is 23.2 Å². The Morgan fingerprint density at radius 3 is 2.29 bits per heavy atom. The minimum atomic E-state index is -0.125. The lowest BCUT2D eigenvalue weighted by Gasteiger charge is -2.23. The average molecular weight is 373 g/mol. The first-order valence-electron chi connectivity index (χ1n) is 9.45. The van der Waals surface area contributed by atoms with Crippen LogP contribution in [0.5, 0.6) is 0 Å². The van der Waals surface area contributed by atoms with E-state index in [9.17, 15) is 0 Å². The maximum Gasteiger partial charge on any atom is 0.288 e. The Balaban J connectivity index is 1.68. The van der Waals surface area contributed by atoms with Crippen LogP contribution in [-0.4, -0.2) is 25.1 Å². The molecular formula is C22H25N6+. The molecule has 0 N–H and O–H groups in total. The first-order chi connectivity index (χ1) is 13.2. The van der Waals surface area contributed by atoms with E-state index >= 15 is 0 Å². The molecule has 0 saturated heterocycles. The van der Waals surface area contributed by atoms with Crippen molar-refractivity contribution in [2.45, 2.75) is 52.0 Å². The van der Waals surface area contributed by atoms with Gasteiger partial charge in [0.05, 0.1) is 29.8 Å². The van der Waals surface area contributed by atoms with Crippen molar-refractivity contribution in [2.75, 3.05) is 0 Å². The lowest BCUT2D eigenvalue weighted by atomic mass is 9.85. The summed E-state index contributed by atoms with van der Waals surface area (Å²) < 4.78 is 2.13. The van der Waals surface area contributed by atoms with Gasteiger partial charge in [-0.2, -0.15) is 10.2 Å². The van der Waals surface area contributed by atoms with Crippen LogP contribution in [0, 0.1) is 0 Å². The number of pyridine rings is 2. The van der Waals surface area contributed by atoms with Crippen molar-refractivity contribution in [1.29, 1.82) is 0 Å². The number of nitrogens with zero attached hydrogens (tertiary/aromatic N) is 6. The van der Waals surface area contributed by atoms with Crippen LogP contribution in [0.25, 0.3) is 21.9 Å². The Kier molecular flexibility index (Phi) is 4.29. The molecule has 0 fully saturated rings. The topological polar surface area (TPSA) is 68.3 Å². The fourth-order valence-electron chi connectivity index (χ4n) is 3.32. The summed E-state index contributed by atoms with van der Waals surface area (Å²) in [6.07, 6.45) is 11.3. The average Bonchev–Trinajstić information content (AvgIpc) is 2.66. The van der Waals surface area contributed by atoms with Crippen molar-refractivity contribution in [1.82, 2.24) is 25.1 Å². The number of rotatable bonds is 3. The third kappa shape index (κ3) is 3.54. The summed E-state index contributed by atoms with van der Waals surface area (Å²) in [6.45, 7) is 11.8. The molecule has 4 aromatic heterocycles. The van der Waals surface area contributed by atoms with E-state index in [-0.39, 0.29) is 10.8 Å². The zero-order chi connectivity index (χ0) is 19.9. The largest absolute Gasteiger partial charge is 0.288 e. The van der Waals surface area contributed by atoms with Crippen LogP contribution >= 0.6 is 0 Å². The normalized spacial score (nSPS) is 12.6. The van der Waals surface area contributed by atoms with Gasteiger partial charge in [-0.15, -0.1) is 0 Å². The quantitative estimate of drug-likeness (QED) is 0.514. The molecule has 6 nitrogen and oxygen atoms in total. The summed E-state index contributed by atoms with van der Waals surface area (Å²) in [6, 6.07) is 4.33. The van der Waals surface area contributed by atoms with E-state index in [2.05, 4.69) is 82.7 Å². The Labute approximate surface area is 164 Å².